The number of nitrogens with zero attached hydrogens (tertiary/aromatic N) is 2. The van der Waals surface area contributed by atoms with Crippen LogP contribution in [-0.4, -0.2) is 51.8 Å². The number of amides is 1. The second-order valence-corrected chi connectivity index (χ2v) is 8.45. The van der Waals surface area contributed by atoms with Crippen molar-refractivity contribution in [1.29, 1.82) is 0 Å². The Morgan fingerprint density at radius 1 is 1.23 bits per heavy atom. The van der Waals surface area contributed by atoms with E-state index in [4.69, 9.17) is 4.74 Å². The number of hydrogen-bond donors (Lipinski definition) is 3. The average molecular weight is 439 g/mol. The third kappa shape index (κ3) is 3.95. The van der Waals surface area contributed by atoms with E-state index in [9.17, 15) is 14.7 Å². The van der Waals surface area contributed by atoms with Crippen molar-refractivity contribution >= 4 is 34.7 Å². The molecule has 31 heavy (non-hydrogen) atoms. The number of nitrogens with one attached hydrogen (secondary N) is 2. The van der Waals surface area contributed by atoms with Crippen molar-refractivity contribution < 1.29 is 14.6 Å². The van der Waals surface area contributed by atoms with Gasteiger partial charge in [0.25, 0.3) is 0 Å². The molecule has 0 radical (unpaired) electrons. The summed E-state index contributed by atoms with van der Waals surface area (Å²) < 4.78 is 6.74. The van der Waals surface area contributed by atoms with Gasteiger partial charge in [0.2, 0.25) is 11.8 Å². The fraction of sp³-hybridized carbons (Fsp3) is 0.273. The number of H-pyrrole nitrogens is 1. The van der Waals surface area contributed by atoms with Crippen LogP contribution >= 0.6 is 11.3 Å². The molecule has 0 aliphatic carbocycles. The maximum absolute atomic E-state index is 12.6. The first-order valence-corrected chi connectivity index (χ1v) is 11.0. The number of thiazole rings is 1. The Labute approximate surface area is 182 Å². The van der Waals surface area contributed by atoms with E-state index in [0.717, 1.165) is 72.3 Å². The Kier molecular flexibility index (Phi) is 5.23. The molecule has 0 atom stereocenters. The number of anilines is 1. The molecule has 8 nitrogen and oxygen atoms in total. The van der Waals surface area contributed by atoms with E-state index < -0.39 is 0 Å². The van der Waals surface area contributed by atoms with Crippen LogP contribution in [-0.2, 0) is 22.5 Å². The van der Waals surface area contributed by atoms with Gasteiger partial charge in [-0.05, 0) is 41.0 Å². The van der Waals surface area contributed by atoms with Crippen LogP contribution in [0.1, 0.15) is 22.4 Å². The summed E-state index contributed by atoms with van der Waals surface area (Å²) in [5, 5.41) is 14.6. The molecule has 0 saturated carbocycles. The van der Waals surface area contributed by atoms with E-state index in [2.05, 4.69) is 15.2 Å². The second-order valence-electron chi connectivity index (χ2n) is 7.63. The first-order chi connectivity index (χ1) is 15.1. The van der Waals surface area contributed by atoms with Crippen LogP contribution in [0.5, 0.6) is 5.88 Å². The smallest absolute Gasteiger partial charge is 0.314 e. The Morgan fingerprint density at radius 3 is 2.84 bits per heavy atom. The molecule has 5 rings (SSSR count). The van der Waals surface area contributed by atoms with Crippen LogP contribution in [0.15, 0.2) is 40.6 Å². The lowest BCUT2D eigenvalue weighted by Gasteiger charge is -2.26. The lowest BCUT2D eigenvalue weighted by molar-refractivity contribution is -0.115. The van der Waals surface area contributed by atoms with E-state index in [-0.39, 0.29) is 16.7 Å². The molecule has 3 N–H and O–H groups in total. The first-order valence-electron chi connectivity index (χ1n) is 10.1. The van der Waals surface area contributed by atoms with Gasteiger partial charge >= 0.3 is 4.87 Å². The van der Waals surface area contributed by atoms with Crippen molar-refractivity contribution in [2.24, 2.45) is 0 Å². The number of carbonyl (C=O) groups excluding carboxylic acids is 1. The zero-order valence-corrected chi connectivity index (χ0v) is 17.6. The maximum atomic E-state index is 12.6. The van der Waals surface area contributed by atoms with Crippen LogP contribution in [0, 0.1) is 0 Å². The number of fused-ring (bicyclic) bond motifs is 1. The van der Waals surface area contributed by atoms with Gasteiger partial charge in [-0.2, -0.15) is 0 Å². The van der Waals surface area contributed by atoms with Gasteiger partial charge in [0.05, 0.1) is 30.7 Å². The largest absolute Gasteiger partial charge is 0.494 e. The van der Waals surface area contributed by atoms with E-state index in [1.807, 2.05) is 36.5 Å². The molecule has 0 unspecified atom stereocenters. The fourth-order valence-electron chi connectivity index (χ4n) is 4.01. The maximum Gasteiger partial charge on any atom is 0.314 e. The van der Waals surface area contributed by atoms with Crippen LogP contribution in [0.3, 0.4) is 0 Å². The van der Waals surface area contributed by atoms with Gasteiger partial charge in [-0.3, -0.25) is 14.5 Å². The lowest BCUT2D eigenvalue weighted by Crippen LogP contribution is -2.35. The van der Waals surface area contributed by atoms with Crippen molar-refractivity contribution in [2.75, 3.05) is 31.6 Å². The molecule has 0 bridgehead atoms. The van der Waals surface area contributed by atoms with Gasteiger partial charge in [0.15, 0.2) is 0 Å². The van der Waals surface area contributed by atoms with E-state index in [1.54, 1.807) is 0 Å². The van der Waals surface area contributed by atoms with Crippen LogP contribution in [0.25, 0.3) is 11.8 Å². The highest BCUT2D eigenvalue weighted by atomic mass is 32.1. The van der Waals surface area contributed by atoms with Crippen molar-refractivity contribution in [3.05, 3.63) is 67.9 Å². The summed E-state index contributed by atoms with van der Waals surface area (Å²) in [6.45, 7) is 3.95. The monoisotopic (exact) mass is 438 g/mol. The molecule has 0 spiro atoms. The summed E-state index contributed by atoms with van der Waals surface area (Å²) in [6, 6.07) is 7.61. The minimum Gasteiger partial charge on any atom is -0.494 e. The summed E-state index contributed by atoms with van der Waals surface area (Å²) in [5.74, 6) is -0.164. The molecule has 1 aromatic carbocycles. The number of aromatic hydroxyl groups is 1. The zero-order chi connectivity index (χ0) is 21.4. The Morgan fingerprint density at radius 2 is 2.06 bits per heavy atom. The highest BCUT2D eigenvalue weighted by molar-refractivity contribution is 7.07. The van der Waals surface area contributed by atoms with E-state index in [1.165, 1.54) is 9.95 Å². The highest BCUT2D eigenvalue weighted by Crippen LogP contribution is 2.31. The topological polar surface area (TPSA) is 99.6 Å². The normalized spacial score (nSPS) is 17.0. The van der Waals surface area contributed by atoms with Gasteiger partial charge in [0.1, 0.15) is 0 Å². The first kappa shape index (κ1) is 19.8. The predicted octanol–water partition coefficient (Wildman–Crippen LogP) is 2.32. The predicted molar refractivity (Wildman–Crippen MR) is 119 cm³/mol. The molecular weight excluding hydrogens is 416 g/mol. The van der Waals surface area contributed by atoms with Crippen molar-refractivity contribution in [1.82, 2.24) is 14.5 Å². The second kappa shape index (κ2) is 8.18. The Hall–Kier alpha value is -3.14. The quantitative estimate of drug-likeness (QED) is 0.568. The minimum atomic E-state index is -0.278. The van der Waals surface area contributed by atoms with Gasteiger partial charge < -0.3 is 20.1 Å². The van der Waals surface area contributed by atoms with Crippen molar-refractivity contribution in [3.63, 3.8) is 0 Å². The molecule has 1 saturated heterocycles. The molecular formula is C22H22N4O4S. The summed E-state index contributed by atoms with van der Waals surface area (Å²) >= 11 is 0.943. The number of aromatic nitrogens is 2. The third-order valence-electron chi connectivity index (χ3n) is 5.59. The molecule has 4 heterocycles. The van der Waals surface area contributed by atoms with Gasteiger partial charge in [0, 0.05) is 37.2 Å². The summed E-state index contributed by atoms with van der Waals surface area (Å²) in [7, 11) is 0. The third-order valence-corrected chi connectivity index (χ3v) is 6.30. The number of ether oxygens (including phenoxy) is 1. The molecule has 2 aliphatic rings. The van der Waals surface area contributed by atoms with Crippen LogP contribution in [0.4, 0.5) is 5.69 Å². The van der Waals surface area contributed by atoms with Gasteiger partial charge in [-0.15, -0.1) is 0 Å². The Bertz CT molecular complexity index is 1220. The van der Waals surface area contributed by atoms with Crippen molar-refractivity contribution in [3.8, 4) is 5.88 Å². The van der Waals surface area contributed by atoms with Gasteiger partial charge in [-0.25, -0.2) is 4.57 Å². The molecule has 9 heteroatoms. The molecule has 160 valence electrons. The number of morpholine rings is 1. The molecule has 1 amide bonds. The zero-order valence-electron chi connectivity index (χ0n) is 16.8. The van der Waals surface area contributed by atoms with E-state index in [0.29, 0.717) is 12.1 Å². The molecule has 2 aromatic heterocycles. The van der Waals surface area contributed by atoms with Crippen LogP contribution in [0.2, 0.25) is 0 Å². The highest BCUT2D eigenvalue weighted by Gasteiger charge is 2.21. The Balaban J connectivity index is 1.57. The number of benzene rings is 1. The molecule has 1 fully saturated rings. The fourth-order valence-corrected chi connectivity index (χ4v) is 4.62. The lowest BCUT2D eigenvalue weighted by atomic mass is 10.0. The summed E-state index contributed by atoms with van der Waals surface area (Å²) in [4.78, 5) is 29.6. The summed E-state index contributed by atoms with van der Waals surface area (Å²) in [5.41, 5.74) is 4.92. The molecule has 3 aromatic rings. The standard InChI is InChI=1S/C22H22N4O4S/c27-20-10-16-9-14(1-2-17(16)24-20)19(26-21(28)13-31-22(26)29)11-18-15(3-4-23-18)12-25-5-7-30-8-6-25/h1-4,9,11,13,23,28H,5-8,10,12H2,(H,24,27). The van der Waals surface area contributed by atoms with Crippen molar-refractivity contribution in [2.45, 2.75) is 13.0 Å². The van der Waals surface area contributed by atoms with Gasteiger partial charge in [-0.1, -0.05) is 17.4 Å². The van der Waals surface area contributed by atoms with Crippen LogP contribution < -0.4 is 10.2 Å². The number of aromatic amines is 1. The number of rotatable bonds is 5. The number of carbonyl (C=O) groups is 1. The minimum absolute atomic E-state index is 0.0506. The molecule has 2 aliphatic heterocycles. The van der Waals surface area contributed by atoms with E-state index >= 15 is 0 Å². The average Bonchev–Trinajstić information content (AvgIpc) is 3.45. The summed E-state index contributed by atoms with van der Waals surface area (Å²) in [6.07, 6.45) is 4.06. The number of hydrogen-bond acceptors (Lipinski definition) is 6. The SMILES string of the molecule is O=C1Cc2cc(C(=Cc3[nH]ccc3CN3CCOCC3)n3c(O)csc3=O)ccc2N1.